The van der Waals surface area contributed by atoms with Crippen LogP contribution in [0.2, 0.25) is 0 Å². The number of nitrogens with zero attached hydrogens (tertiary/aromatic N) is 1. The average molecular weight is 263 g/mol. The van der Waals surface area contributed by atoms with E-state index in [-0.39, 0.29) is 12.4 Å². The van der Waals surface area contributed by atoms with E-state index in [1.165, 1.54) is 0 Å². The molecule has 3 nitrogen and oxygen atoms in total. The molecule has 0 N–H and O–H groups in total. The molecule has 1 heterocycles. The van der Waals surface area contributed by atoms with Gasteiger partial charge in [0, 0.05) is 24.9 Å². The first-order chi connectivity index (χ1) is 7.63. The van der Waals surface area contributed by atoms with Crippen LogP contribution in [0.3, 0.4) is 0 Å². The topological polar surface area (TPSA) is 25.0 Å². The number of rotatable bonds is 6. The Morgan fingerprint density at radius 1 is 1.44 bits per heavy atom. The van der Waals surface area contributed by atoms with Crippen molar-refractivity contribution in [1.82, 2.24) is 4.90 Å². The molecule has 0 aromatic heterocycles. The van der Waals surface area contributed by atoms with Gasteiger partial charge in [0.25, 0.3) is 0 Å². The van der Waals surface area contributed by atoms with Crippen molar-refractivity contribution in [1.29, 1.82) is 0 Å². The zero-order chi connectivity index (χ0) is 12.1. The molecular formula is C11H21NO2S2. The van der Waals surface area contributed by atoms with Crippen LogP contribution in [-0.2, 0) is 9.47 Å². The van der Waals surface area contributed by atoms with Crippen LogP contribution in [0.4, 0.5) is 0 Å². The van der Waals surface area contributed by atoms with Crippen molar-refractivity contribution in [3.05, 3.63) is 0 Å². The van der Waals surface area contributed by atoms with Crippen molar-refractivity contribution < 1.29 is 9.47 Å². The van der Waals surface area contributed by atoms with E-state index < -0.39 is 0 Å². The summed E-state index contributed by atoms with van der Waals surface area (Å²) in [6, 6.07) is 0. The second-order valence-electron chi connectivity index (χ2n) is 3.69. The molecule has 1 rings (SSSR count). The summed E-state index contributed by atoms with van der Waals surface area (Å²) in [5, 5.41) is 0.365. The molecule has 5 heteroatoms. The molecule has 1 fully saturated rings. The lowest BCUT2D eigenvalue weighted by Gasteiger charge is -2.22. The second-order valence-corrected chi connectivity index (χ2v) is 5.70. The standard InChI is InChI=1S/C11H21NO2S2/c1-5-12(6-2)11(15)16-8(4)9-10(14-9)13-7-3/h8-10H,5-7H2,1-4H3. The molecule has 94 valence electrons. The summed E-state index contributed by atoms with van der Waals surface area (Å²) in [6.45, 7) is 11.0. The summed E-state index contributed by atoms with van der Waals surface area (Å²) in [7, 11) is 0. The van der Waals surface area contributed by atoms with Gasteiger partial charge in [-0.05, 0) is 20.8 Å². The minimum atomic E-state index is -0.00740. The highest BCUT2D eigenvalue weighted by Crippen LogP contribution is 2.34. The van der Waals surface area contributed by atoms with Crippen LogP contribution in [-0.4, -0.2) is 46.6 Å². The highest BCUT2D eigenvalue weighted by Gasteiger charge is 2.44. The van der Waals surface area contributed by atoms with Crippen molar-refractivity contribution in [2.45, 2.75) is 45.3 Å². The molecule has 0 aromatic rings. The Kier molecular flexibility index (Phi) is 6.03. The van der Waals surface area contributed by atoms with Crippen molar-refractivity contribution in [3.63, 3.8) is 0 Å². The molecule has 1 saturated heterocycles. The van der Waals surface area contributed by atoms with Crippen LogP contribution in [0.25, 0.3) is 0 Å². The third kappa shape index (κ3) is 3.87. The van der Waals surface area contributed by atoms with Crippen LogP contribution in [0, 0.1) is 0 Å². The molecule has 0 amide bonds. The molecular weight excluding hydrogens is 242 g/mol. The maximum atomic E-state index is 5.45. The van der Waals surface area contributed by atoms with E-state index >= 15 is 0 Å². The van der Waals surface area contributed by atoms with Crippen molar-refractivity contribution >= 4 is 28.3 Å². The molecule has 0 aromatic carbocycles. The van der Waals surface area contributed by atoms with Gasteiger partial charge in [-0.25, -0.2) is 0 Å². The zero-order valence-corrected chi connectivity index (χ0v) is 12.1. The van der Waals surface area contributed by atoms with E-state index in [0.29, 0.717) is 11.9 Å². The molecule has 3 unspecified atom stereocenters. The van der Waals surface area contributed by atoms with Gasteiger partial charge in [-0.2, -0.15) is 0 Å². The second kappa shape index (κ2) is 6.79. The van der Waals surface area contributed by atoms with Gasteiger partial charge < -0.3 is 14.4 Å². The van der Waals surface area contributed by atoms with Crippen LogP contribution in [0.5, 0.6) is 0 Å². The predicted octanol–water partition coefficient (Wildman–Crippen LogP) is 2.50. The summed E-state index contributed by atoms with van der Waals surface area (Å²) < 4.78 is 11.8. The molecule has 16 heavy (non-hydrogen) atoms. The molecule has 0 radical (unpaired) electrons. The first-order valence-corrected chi connectivity index (χ1v) is 7.15. The highest BCUT2D eigenvalue weighted by molar-refractivity contribution is 8.23. The van der Waals surface area contributed by atoms with E-state index in [1.54, 1.807) is 11.8 Å². The van der Waals surface area contributed by atoms with Gasteiger partial charge in [0.1, 0.15) is 10.4 Å². The van der Waals surface area contributed by atoms with E-state index in [4.69, 9.17) is 21.7 Å². The van der Waals surface area contributed by atoms with Gasteiger partial charge in [0.05, 0.1) is 0 Å². The first kappa shape index (κ1) is 14.2. The van der Waals surface area contributed by atoms with Crippen LogP contribution >= 0.6 is 24.0 Å². The third-order valence-corrected chi connectivity index (χ3v) is 4.23. The van der Waals surface area contributed by atoms with Gasteiger partial charge in [-0.1, -0.05) is 30.9 Å². The molecule has 0 saturated carbocycles. The SMILES string of the molecule is CCOC1OC1C(C)SC(=S)N(CC)CC. The lowest BCUT2D eigenvalue weighted by molar-refractivity contribution is 0.0593. The lowest BCUT2D eigenvalue weighted by Crippen LogP contribution is -2.29. The number of thioether (sulfide) groups is 1. The minimum Gasteiger partial charge on any atom is -0.358 e. The summed E-state index contributed by atoms with van der Waals surface area (Å²) in [5.41, 5.74) is 0. The maximum Gasteiger partial charge on any atom is 0.185 e. The Morgan fingerprint density at radius 3 is 2.56 bits per heavy atom. The van der Waals surface area contributed by atoms with Crippen molar-refractivity contribution in [2.75, 3.05) is 19.7 Å². The van der Waals surface area contributed by atoms with Gasteiger partial charge >= 0.3 is 0 Å². The summed E-state index contributed by atoms with van der Waals surface area (Å²) in [4.78, 5) is 2.19. The third-order valence-electron chi connectivity index (χ3n) is 2.58. The van der Waals surface area contributed by atoms with E-state index in [9.17, 15) is 0 Å². The summed E-state index contributed by atoms with van der Waals surface area (Å²) in [5.74, 6) is 0. The predicted molar refractivity (Wildman–Crippen MR) is 72.9 cm³/mol. The van der Waals surface area contributed by atoms with Crippen molar-refractivity contribution in [3.8, 4) is 0 Å². The molecule has 1 aliphatic rings. The fourth-order valence-corrected chi connectivity index (χ4v) is 3.29. The maximum absolute atomic E-state index is 5.45. The number of hydrogen-bond donors (Lipinski definition) is 0. The van der Waals surface area contributed by atoms with Crippen LogP contribution < -0.4 is 0 Å². The van der Waals surface area contributed by atoms with Gasteiger partial charge in [-0.15, -0.1) is 0 Å². The minimum absolute atomic E-state index is 0.00740. The fraction of sp³-hybridized carbons (Fsp3) is 0.909. The van der Waals surface area contributed by atoms with Crippen molar-refractivity contribution in [2.24, 2.45) is 0 Å². The highest BCUT2D eigenvalue weighted by atomic mass is 32.2. The Bertz CT molecular complexity index is 234. The molecule has 0 aliphatic carbocycles. The number of ether oxygens (including phenoxy) is 2. The lowest BCUT2D eigenvalue weighted by atomic mass is 10.3. The van der Waals surface area contributed by atoms with E-state index in [2.05, 4.69) is 25.7 Å². The molecule has 1 aliphatic heterocycles. The monoisotopic (exact) mass is 263 g/mol. The summed E-state index contributed by atoms with van der Waals surface area (Å²) >= 11 is 7.10. The van der Waals surface area contributed by atoms with Crippen LogP contribution in [0.15, 0.2) is 0 Å². The molecule has 3 atom stereocenters. The van der Waals surface area contributed by atoms with Gasteiger partial charge in [-0.3, -0.25) is 0 Å². The summed E-state index contributed by atoms with van der Waals surface area (Å²) in [6.07, 6.45) is 0.200. The number of hydrogen-bond acceptors (Lipinski definition) is 4. The quantitative estimate of drug-likeness (QED) is 0.541. The Labute approximate surface area is 108 Å². The van der Waals surface area contributed by atoms with E-state index in [1.807, 2.05) is 6.92 Å². The van der Waals surface area contributed by atoms with Gasteiger partial charge in [0.15, 0.2) is 6.29 Å². The number of epoxide rings is 1. The smallest absolute Gasteiger partial charge is 0.185 e. The normalized spacial score (nSPS) is 25.2. The van der Waals surface area contributed by atoms with Gasteiger partial charge in [0.2, 0.25) is 0 Å². The average Bonchev–Trinajstić information content (AvgIpc) is 2.99. The zero-order valence-electron chi connectivity index (χ0n) is 10.4. The molecule has 0 bridgehead atoms. The Balaban J connectivity index is 2.29. The largest absolute Gasteiger partial charge is 0.358 e. The number of thiocarbonyl (C=S) groups is 1. The Morgan fingerprint density at radius 2 is 2.06 bits per heavy atom. The van der Waals surface area contributed by atoms with Crippen LogP contribution in [0.1, 0.15) is 27.7 Å². The molecule has 0 spiro atoms. The first-order valence-electron chi connectivity index (χ1n) is 5.86. The Hall–Kier alpha value is 0.160. The van der Waals surface area contributed by atoms with E-state index in [0.717, 1.165) is 17.4 Å². The fourth-order valence-electron chi connectivity index (χ4n) is 1.52.